The van der Waals surface area contributed by atoms with Crippen molar-refractivity contribution in [3.63, 3.8) is 0 Å². The Morgan fingerprint density at radius 3 is 2.34 bits per heavy atom. The van der Waals surface area contributed by atoms with Crippen LogP contribution in [0.15, 0.2) is 83.0 Å². The standard InChI is InChI=1S/C44H55N9O7Si2/c1-5-53(31-15-7-6-8-16-31)44-49-42(46-21-13-23-62-57-35-19-11-18-34-39(41(60-62)40(35)59-62)58-61(55,56-34)22-12-20-45)48-43(50-44)47-33-25-27(2)24-30-26-29(4)37(38(54)36(30)33)52-51-32-17-10-9-14-28(32)3/h6-10,14-17,24-26,34-35,39-41,54-55H,5,11-13,18-23,45H2,1-4H3,(H2,46,47,48,49,50). The molecule has 6 N–H and O–H groups in total. The Balaban J connectivity index is 0.964. The molecule has 3 saturated heterocycles. The van der Waals surface area contributed by atoms with Crippen LogP contribution in [0.25, 0.3) is 10.8 Å². The van der Waals surface area contributed by atoms with E-state index in [2.05, 4.69) is 20.9 Å². The van der Waals surface area contributed by atoms with E-state index in [4.69, 9.17) is 42.8 Å². The summed E-state index contributed by atoms with van der Waals surface area (Å²) in [5, 5.41) is 29.2. The first kappa shape index (κ1) is 42.4. The van der Waals surface area contributed by atoms with Gasteiger partial charge in [0.1, 0.15) is 24.0 Å². The molecule has 0 spiro atoms. The van der Waals surface area contributed by atoms with E-state index in [0.29, 0.717) is 79.2 Å². The van der Waals surface area contributed by atoms with Crippen molar-refractivity contribution in [2.75, 3.05) is 35.2 Å². The van der Waals surface area contributed by atoms with Crippen molar-refractivity contribution in [2.45, 2.75) is 102 Å². The fourth-order valence-electron chi connectivity index (χ4n) is 9.05. The first-order valence-corrected chi connectivity index (χ1v) is 25.6. The number of azo groups is 1. The van der Waals surface area contributed by atoms with Crippen molar-refractivity contribution in [1.29, 1.82) is 0 Å². The molecular formula is C44H55N9O7Si2. The molecule has 4 aromatic carbocycles. The largest absolute Gasteiger partial charge is 0.505 e. The maximum absolute atomic E-state index is 11.8. The number of phenols is 1. The van der Waals surface area contributed by atoms with Crippen molar-refractivity contribution < 1.29 is 32.0 Å². The molecule has 1 saturated carbocycles. The van der Waals surface area contributed by atoms with Gasteiger partial charge in [-0.3, -0.25) is 0 Å². The normalized spacial score (nSPS) is 26.5. The number of aromatic nitrogens is 3. The topological polar surface area (TPSA) is 203 Å². The molecule has 2 bridgehead atoms. The number of nitrogens with one attached hydrogen (secondary N) is 2. The molecule has 326 valence electrons. The van der Waals surface area contributed by atoms with Gasteiger partial charge in [-0.1, -0.05) is 42.5 Å². The Morgan fingerprint density at radius 2 is 1.55 bits per heavy atom. The van der Waals surface area contributed by atoms with E-state index in [1.165, 1.54) is 0 Å². The van der Waals surface area contributed by atoms with Crippen LogP contribution in [0.1, 0.15) is 55.7 Å². The zero-order valence-electron chi connectivity index (χ0n) is 35.6. The van der Waals surface area contributed by atoms with E-state index < -0.39 is 17.6 Å². The number of nitrogens with two attached hydrogens (primary N) is 1. The Hall–Kier alpha value is -4.90. The molecule has 4 heterocycles. The predicted molar refractivity (Wildman–Crippen MR) is 241 cm³/mol. The smallest absolute Gasteiger partial charge is 0.502 e. The molecule has 0 radical (unpaired) electrons. The summed E-state index contributed by atoms with van der Waals surface area (Å²) in [6, 6.07) is 24.7. The highest BCUT2D eigenvalue weighted by Gasteiger charge is 2.68. The van der Waals surface area contributed by atoms with E-state index >= 15 is 0 Å². The van der Waals surface area contributed by atoms with Crippen LogP contribution in [0.4, 0.5) is 40.6 Å². The molecule has 7 unspecified atom stereocenters. The Labute approximate surface area is 363 Å². The quantitative estimate of drug-likeness (QED) is 0.0383. The molecule has 18 heteroatoms. The average Bonchev–Trinajstić information content (AvgIpc) is 3.91. The number of rotatable bonds is 15. The minimum atomic E-state index is -3.35. The lowest BCUT2D eigenvalue weighted by Crippen LogP contribution is -2.53. The molecule has 62 heavy (non-hydrogen) atoms. The van der Waals surface area contributed by atoms with E-state index in [-0.39, 0.29) is 36.3 Å². The lowest BCUT2D eigenvalue weighted by atomic mass is 9.90. The van der Waals surface area contributed by atoms with Crippen molar-refractivity contribution in [3.8, 4) is 5.75 Å². The molecule has 0 amide bonds. The van der Waals surface area contributed by atoms with E-state index in [1.54, 1.807) is 0 Å². The fourth-order valence-corrected chi connectivity index (χ4v) is 14.7. The molecule has 4 aliphatic rings. The van der Waals surface area contributed by atoms with Crippen LogP contribution in [0.2, 0.25) is 12.1 Å². The van der Waals surface area contributed by atoms with Gasteiger partial charge >= 0.3 is 17.6 Å². The molecular weight excluding hydrogens is 823 g/mol. The molecule has 7 atom stereocenters. The third-order valence-corrected chi connectivity index (χ3v) is 17.2. The third kappa shape index (κ3) is 8.58. The Morgan fingerprint density at radius 1 is 0.806 bits per heavy atom. The van der Waals surface area contributed by atoms with Gasteiger partial charge in [0, 0.05) is 36.3 Å². The molecule has 1 aromatic heterocycles. The lowest BCUT2D eigenvalue weighted by Gasteiger charge is -2.37. The monoisotopic (exact) mass is 877 g/mol. The second kappa shape index (κ2) is 17.7. The Kier molecular flexibility index (Phi) is 12.1. The summed E-state index contributed by atoms with van der Waals surface area (Å²) in [7, 11) is -6.39. The Bertz CT molecular complexity index is 2450. The summed E-state index contributed by atoms with van der Waals surface area (Å²) >= 11 is 0. The minimum Gasteiger partial charge on any atom is -0.505 e. The number of benzene rings is 4. The van der Waals surface area contributed by atoms with Gasteiger partial charge in [0.25, 0.3) is 0 Å². The highest BCUT2D eigenvalue weighted by Crippen LogP contribution is 2.49. The molecule has 16 nitrogen and oxygen atoms in total. The number of phenolic OH excluding ortho intramolecular Hbond substituents is 1. The summed E-state index contributed by atoms with van der Waals surface area (Å²) in [6.07, 6.45) is 2.54. The van der Waals surface area contributed by atoms with Gasteiger partial charge < -0.3 is 53.3 Å². The average molecular weight is 878 g/mol. The van der Waals surface area contributed by atoms with E-state index in [1.807, 2.05) is 105 Å². The summed E-state index contributed by atoms with van der Waals surface area (Å²) in [6.45, 7) is 9.52. The number of hydrogen-bond acceptors (Lipinski definition) is 16. The number of aromatic hydroxyl groups is 1. The van der Waals surface area contributed by atoms with Gasteiger partial charge in [-0.2, -0.15) is 20.1 Å². The number of aryl methyl sites for hydroxylation is 3. The summed E-state index contributed by atoms with van der Waals surface area (Å²) in [5.74, 6) is 1.12. The predicted octanol–water partition coefficient (Wildman–Crippen LogP) is 8.14. The molecule has 1 aliphatic carbocycles. The zero-order valence-corrected chi connectivity index (χ0v) is 37.6. The number of nitrogens with zero attached hydrogens (tertiary/aromatic N) is 6. The van der Waals surface area contributed by atoms with Crippen LogP contribution in [-0.2, 0) is 22.1 Å². The minimum absolute atomic E-state index is 0.00515. The lowest BCUT2D eigenvalue weighted by molar-refractivity contribution is -0.0600. The van der Waals surface area contributed by atoms with Crippen LogP contribution in [0.3, 0.4) is 0 Å². The molecule has 9 rings (SSSR count). The maximum atomic E-state index is 11.8. The fraction of sp³-hybridized carbons (Fsp3) is 0.432. The van der Waals surface area contributed by atoms with Gasteiger partial charge in [0.2, 0.25) is 17.8 Å². The van der Waals surface area contributed by atoms with Gasteiger partial charge in [0.15, 0.2) is 5.75 Å². The molecule has 5 aromatic rings. The molecule has 3 aliphatic heterocycles. The third-order valence-electron chi connectivity index (χ3n) is 12.0. The van der Waals surface area contributed by atoms with Crippen LogP contribution < -0.4 is 21.3 Å². The van der Waals surface area contributed by atoms with Crippen LogP contribution in [0, 0.1) is 20.8 Å². The maximum Gasteiger partial charge on any atom is 0.502 e. The number of para-hydroxylation sites is 1. The highest BCUT2D eigenvalue weighted by molar-refractivity contribution is 6.62. The van der Waals surface area contributed by atoms with Crippen molar-refractivity contribution >= 4 is 69.0 Å². The van der Waals surface area contributed by atoms with Crippen molar-refractivity contribution in [2.24, 2.45) is 16.0 Å². The van der Waals surface area contributed by atoms with Gasteiger partial charge in [-0.15, -0.1) is 5.11 Å². The van der Waals surface area contributed by atoms with Gasteiger partial charge in [-0.25, -0.2) is 0 Å². The second-order valence-electron chi connectivity index (χ2n) is 16.6. The summed E-state index contributed by atoms with van der Waals surface area (Å²) in [4.78, 5) is 27.9. The first-order valence-electron chi connectivity index (χ1n) is 21.7. The van der Waals surface area contributed by atoms with E-state index in [0.717, 1.165) is 52.7 Å². The highest BCUT2D eigenvalue weighted by atomic mass is 28.4. The van der Waals surface area contributed by atoms with Crippen LogP contribution >= 0.6 is 0 Å². The summed E-state index contributed by atoms with van der Waals surface area (Å²) in [5.41, 5.74) is 11.2. The SMILES string of the molecule is CCN(c1ccccc1)c1nc(NCCC[Si]23OC4CCCC5O[Si](O)(CCCN)OC5C(O2)C4O3)nc(Nc2cc(C)cc3cc(C)c(N=Nc4ccccc4C)c(O)c23)n1. The van der Waals surface area contributed by atoms with Crippen molar-refractivity contribution in [3.05, 3.63) is 89.5 Å². The number of fused-ring (bicyclic) bond motifs is 4. The molecule has 4 fully saturated rings. The number of hydrogen-bond donors (Lipinski definition) is 5. The summed E-state index contributed by atoms with van der Waals surface area (Å²) < 4.78 is 32.4. The first-order chi connectivity index (χ1) is 30.0. The van der Waals surface area contributed by atoms with Gasteiger partial charge in [0.05, 0.1) is 23.6 Å². The second-order valence-corrected chi connectivity index (χ2v) is 21.6. The number of anilines is 5. The van der Waals surface area contributed by atoms with Crippen molar-refractivity contribution in [1.82, 2.24) is 15.0 Å². The van der Waals surface area contributed by atoms with E-state index in [9.17, 15) is 9.90 Å². The van der Waals surface area contributed by atoms with Gasteiger partial charge in [-0.05, 0) is 119 Å². The zero-order chi connectivity index (χ0) is 43.0. The van der Waals surface area contributed by atoms with Crippen LogP contribution in [-0.4, -0.2) is 92.6 Å². The van der Waals surface area contributed by atoms with Crippen LogP contribution in [0.5, 0.6) is 5.75 Å².